The molecule has 1 N–H and O–H groups in total. The maximum Gasteiger partial charge on any atom is 0.235 e. The molecule has 6 heteroatoms. The van der Waals surface area contributed by atoms with Crippen LogP contribution in [-0.4, -0.2) is 25.4 Å². The van der Waals surface area contributed by atoms with E-state index in [1.54, 1.807) is 12.4 Å². The van der Waals surface area contributed by atoms with E-state index in [1.807, 2.05) is 39.2 Å². The van der Waals surface area contributed by atoms with E-state index in [0.717, 1.165) is 30.1 Å². The lowest BCUT2D eigenvalue weighted by Gasteiger charge is -2.12. The third-order valence-corrected chi connectivity index (χ3v) is 3.97. The molecule has 0 aromatic carbocycles. The van der Waals surface area contributed by atoms with Gasteiger partial charge in [0.1, 0.15) is 5.82 Å². The molecule has 0 saturated heterocycles. The number of aromatic nitrogens is 4. The Morgan fingerprint density at radius 3 is 2.23 bits per heavy atom. The lowest BCUT2D eigenvalue weighted by Crippen LogP contribution is -2.22. The first-order chi connectivity index (χ1) is 10.5. The minimum atomic E-state index is 0.0205. The third-order valence-electron chi connectivity index (χ3n) is 3.97. The first-order valence-corrected chi connectivity index (χ1v) is 7.63. The number of amides is 1. The van der Waals surface area contributed by atoms with E-state index >= 15 is 0 Å². The Bertz CT molecular complexity index is 656. The largest absolute Gasteiger partial charge is 0.323 e. The van der Waals surface area contributed by atoms with Gasteiger partial charge in [0.05, 0.1) is 23.8 Å². The Morgan fingerprint density at radius 2 is 1.77 bits per heavy atom. The molecule has 0 spiro atoms. The van der Waals surface area contributed by atoms with Crippen LogP contribution in [0.15, 0.2) is 12.4 Å². The summed E-state index contributed by atoms with van der Waals surface area (Å²) in [6, 6.07) is 0. The van der Waals surface area contributed by atoms with Crippen molar-refractivity contribution in [2.24, 2.45) is 5.92 Å². The van der Waals surface area contributed by atoms with Crippen LogP contribution in [0.25, 0.3) is 5.95 Å². The van der Waals surface area contributed by atoms with E-state index in [9.17, 15) is 4.79 Å². The lowest BCUT2D eigenvalue weighted by atomic mass is 10.0. The minimum Gasteiger partial charge on any atom is -0.323 e. The average Bonchev–Trinajstić information content (AvgIpc) is 2.74. The van der Waals surface area contributed by atoms with Gasteiger partial charge < -0.3 is 5.32 Å². The molecular weight excluding hydrogens is 278 g/mol. The molecule has 2 aromatic rings. The van der Waals surface area contributed by atoms with E-state index in [4.69, 9.17) is 0 Å². The number of carbonyl (C=O) groups is 1. The maximum atomic E-state index is 12.1. The molecule has 6 nitrogen and oxygen atoms in total. The molecule has 0 radical (unpaired) electrons. The van der Waals surface area contributed by atoms with Crippen molar-refractivity contribution in [3.05, 3.63) is 29.6 Å². The van der Waals surface area contributed by atoms with Crippen LogP contribution >= 0.6 is 0 Å². The summed E-state index contributed by atoms with van der Waals surface area (Å²) in [5, 5.41) is 2.87. The number of hydrogen-bond acceptors (Lipinski definition) is 4. The van der Waals surface area contributed by atoms with E-state index in [1.165, 1.54) is 0 Å². The summed E-state index contributed by atoms with van der Waals surface area (Å²) >= 11 is 0. The second-order valence-corrected chi connectivity index (χ2v) is 5.44. The standard InChI is InChI=1S/C16H23N5O/c1-6-13(7-2)15(22)20-14-8-17-16(18-9-14)21-11(4)10(3)19-12(21)5/h8-9,13H,6-7H2,1-5H3,(H,20,22). The van der Waals surface area contributed by atoms with Crippen molar-refractivity contribution >= 4 is 11.6 Å². The minimum absolute atomic E-state index is 0.0205. The van der Waals surface area contributed by atoms with Crippen LogP contribution in [0.5, 0.6) is 0 Å². The number of imidazole rings is 1. The highest BCUT2D eigenvalue weighted by atomic mass is 16.1. The van der Waals surface area contributed by atoms with Crippen molar-refractivity contribution in [1.82, 2.24) is 19.5 Å². The SMILES string of the molecule is CCC(CC)C(=O)Nc1cnc(-n2c(C)nc(C)c2C)nc1. The number of carbonyl (C=O) groups excluding carboxylic acids is 1. The Hall–Kier alpha value is -2.24. The molecule has 0 unspecified atom stereocenters. The fourth-order valence-electron chi connectivity index (χ4n) is 2.48. The summed E-state index contributed by atoms with van der Waals surface area (Å²) in [6.45, 7) is 9.90. The number of anilines is 1. The second kappa shape index (κ2) is 6.68. The van der Waals surface area contributed by atoms with Gasteiger partial charge in [0.25, 0.3) is 0 Å². The first-order valence-electron chi connectivity index (χ1n) is 7.63. The smallest absolute Gasteiger partial charge is 0.235 e. The van der Waals surface area contributed by atoms with E-state index in [0.29, 0.717) is 11.6 Å². The zero-order valence-electron chi connectivity index (χ0n) is 13.8. The predicted molar refractivity (Wildman–Crippen MR) is 86.1 cm³/mol. The van der Waals surface area contributed by atoms with Crippen LogP contribution in [0.1, 0.15) is 43.9 Å². The zero-order chi connectivity index (χ0) is 16.3. The van der Waals surface area contributed by atoms with Gasteiger partial charge in [-0.15, -0.1) is 0 Å². The number of nitrogens with one attached hydrogen (secondary N) is 1. The Kier molecular flexibility index (Phi) is 4.90. The monoisotopic (exact) mass is 301 g/mol. The maximum absolute atomic E-state index is 12.1. The molecule has 2 rings (SSSR count). The summed E-state index contributed by atoms with van der Waals surface area (Å²) in [7, 11) is 0. The number of rotatable bonds is 5. The van der Waals surface area contributed by atoms with Crippen LogP contribution in [0.4, 0.5) is 5.69 Å². The second-order valence-electron chi connectivity index (χ2n) is 5.44. The lowest BCUT2D eigenvalue weighted by molar-refractivity contribution is -0.120. The summed E-state index contributed by atoms with van der Waals surface area (Å²) in [5.74, 6) is 1.47. The van der Waals surface area contributed by atoms with Gasteiger partial charge in [-0.3, -0.25) is 9.36 Å². The predicted octanol–water partition coefficient (Wildman–Crippen LogP) is 2.96. The topological polar surface area (TPSA) is 72.7 Å². The third kappa shape index (κ3) is 3.16. The molecule has 0 atom stereocenters. The molecule has 2 heterocycles. The molecule has 0 aliphatic rings. The molecule has 0 aliphatic carbocycles. The van der Waals surface area contributed by atoms with Gasteiger partial charge in [0.15, 0.2) is 0 Å². The van der Waals surface area contributed by atoms with Gasteiger partial charge in [-0.1, -0.05) is 13.8 Å². The summed E-state index contributed by atoms with van der Waals surface area (Å²) < 4.78 is 1.90. The van der Waals surface area contributed by atoms with Crippen molar-refractivity contribution in [2.45, 2.75) is 47.5 Å². The molecule has 1 amide bonds. The summed E-state index contributed by atoms with van der Waals surface area (Å²) in [5.41, 5.74) is 2.60. The Balaban J connectivity index is 2.19. The molecular formula is C16H23N5O. The molecule has 22 heavy (non-hydrogen) atoms. The van der Waals surface area contributed by atoms with Crippen LogP contribution in [0.3, 0.4) is 0 Å². The highest BCUT2D eigenvalue weighted by molar-refractivity contribution is 5.92. The molecule has 118 valence electrons. The van der Waals surface area contributed by atoms with E-state index in [-0.39, 0.29) is 11.8 Å². The molecule has 2 aromatic heterocycles. The van der Waals surface area contributed by atoms with Crippen LogP contribution in [0, 0.1) is 26.7 Å². The van der Waals surface area contributed by atoms with Crippen molar-refractivity contribution < 1.29 is 4.79 Å². The summed E-state index contributed by atoms with van der Waals surface area (Å²) in [4.78, 5) is 25.2. The molecule has 0 bridgehead atoms. The fraction of sp³-hybridized carbons (Fsp3) is 0.500. The quantitative estimate of drug-likeness (QED) is 0.921. The Labute approximate surface area is 131 Å². The Morgan fingerprint density at radius 1 is 1.18 bits per heavy atom. The highest BCUT2D eigenvalue weighted by Crippen LogP contribution is 2.16. The van der Waals surface area contributed by atoms with Crippen molar-refractivity contribution in [3.63, 3.8) is 0 Å². The fourth-order valence-corrected chi connectivity index (χ4v) is 2.48. The van der Waals surface area contributed by atoms with Gasteiger partial charge in [0.2, 0.25) is 11.9 Å². The average molecular weight is 301 g/mol. The zero-order valence-corrected chi connectivity index (χ0v) is 13.8. The van der Waals surface area contributed by atoms with Gasteiger partial charge in [-0.2, -0.15) is 0 Å². The molecule has 0 aliphatic heterocycles. The summed E-state index contributed by atoms with van der Waals surface area (Å²) in [6.07, 6.45) is 4.93. The normalized spacial score (nSPS) is 11.0. The van der Waals surface area contributed by atoms with Gasteiger partial charge in [0, 0.05) is 11.6 Å². The molecule has 0 fully saturated rings. The van der Waals surface area contributed by atoms with Gasteiger partial charge in [-0.25, -0.2) is 15.0 Å². The number of nitrogens with zero attached hydrogens (tertiary/aromatic N) is 4. The van der Waals surface area contributed by atoms with E-state index < -0.39 is 0 Å². The van der Waals surface area contributed by atoms with Crippen molar-refractivity contribution in [2.75, 3.05) is 5.32 Å². The van der Waals surface area contributed by atoms with E-state index in [2.05, 4.69) is 20.3 Å². The van der Waals surface area contributed by atoms with Gasteiger partial charge >= 0.3 is 0 Å². The number of aryl methyl sites for hydroxylation is 2. The number of hydrogen-bond donors (Lipinski definition) is 1. The van der Waals surface area contributed by atoms with Crippen LogP contribution in [0.2, 0.25) is 0 Å². The first kappa shape index (κ1) is 16.1. The van der Waals surface area contributed by atoms with Crippen LogP contribution in [-0.2, 0) is 4.79 Å². The molecule has 0 saturated carbocycles. The van der Waals surface area contributed by atoms with Crippen molar-refractivity contribution in [3.8, 4) is 5.95 Å². The van der Waals surface area contributed by atoms with Crippen molar-refractivity contribution in [1.29, 1.82) is 0 Å². The van der Waals surface area contributed by atoms with Gasteiger partial charge in [-0.05, 0) is 33.6 Å². The van der Waals surface area contributed by atoms with Crippen LogP contribution < -0.4 is 5.32 Å². The highest BCUT2D eigenvalue weighted by Gasteiger charge is 2.15.